The van der Waals surface area contributed by atoms with E-state index in [2.05, 4.69) is 25.6 Å². The Kier molecular flexibility index (Phi) is 6.83. The van der Waals surface area contributed by atoms with E-state index in [1.807, 2.05) is 0 Å². The van der Waals surface area contributed by atoms with Gasteiger partial charge < -0.3 is 15.4 Å². The minimum atomic E-state index is -4.45. The fourth-order valence-corrected chi connectivity index (χ4v) is 3.06. The highest BCUT2D eigenvalue weighted by molar-refractivity contribution is 7.09. The van der Waals surface area contributed by atoms with Crippen LogP contribution in [0.15, 0.2) is 53.0 Å². The lowest BCUT2D eigenvalue weighted by atomic mass is 10.3. The predicted octanol–water partition coefficient (Wildman–Crippen LogP) is 4.35. The number of ether oxygens (including phenoxy) is 1. The molecule has 0 aliphatic heterocycles. The van der Waals surface area contributed by atoms with Crippen LogP contribution < -0.4 is 15.4 Å². The number of thiazole rings is 1. The van der Waals surface area contributed by atoms with Crippen LogP contribution in [-0.4, -0.2) is 23.0 Å². The summed E-state index contributed by atoms with van der Waals surface area (Å²) in [7, 11) is 1.55. The number of rotatable bonds is 6. The first-order valence-electron chi connectivity index (χ1n) is 8.68. The molecule has 1 aromatic carbocycles. The number of aliphatic imine (C=N–C) groups is 1. The number of hydrogen-bond donors (Lipinski definition) is 2. The van der Waals surface area contributed by atoms with Gasteiger partial charge in [0, 0.05) is 37.3 Å². The summed E-state index contributed by atoms with van der Waals surface area (Å²) in [5.41, 5.74) is -0.0861. The third-order valence-corrected chi connectivity index (χ3v) is 4.60. The van der Waals surface area contributed by atoms with Gasteiger partial charge in [-0.15, -0.1) is 11.3 Å². The fraction of sp³-hybridized carbons (Fsp3) is 0.211. The Bertz CT molecular complexity index is 1000. The average Bonchev–Trinajstić information content (AvgIpc) is 3.19. The first kappa shape index (κ1) is 21.5. The number of nitrogens with zero attached hydrogens (tertiary/aromatic N) is 3. The number of benzene rings is 1. The monoisotopic (exact) mass is 439 g/mol. The van der Waals surface area contributed by atoms with Crippen molar-refractivity contribution in [3.05, 3.63) is 70.1 Å². The molecule has 0 amide bonds. The maximum absolute atomic E-state index is 13.2. The zero-order chi connectivity index (χ0) is 21.6. The van der Waals surface area contributed by atoms with Crippen LogP contribution in [0.4, 0.5) is 17.6 Å². The summed E-state index contributed by atoms with van der Waals surface area (Å²) < 4.78 is 56.5. The quantitative estimate of drug-likeness (QED) is 0.339. The van der Waals surface area contributed by atoms with Gasteiger partial charge in [-0.05, 0) is 17.7 Å². The molecule has 6 nitrogen and oxygen atoms in total. The molecule has 0 saturated carbocycles. The Morgan fingerprint density at radius 3 is 2.60 bits per heavy atom. The molecule has 3 aromatic rings. The van der Waals surface area contributed by atoms with Crippen molar-refractivity contribution >= 4 is 17.3 Å². The van der Waals surface area contributed by atoms with Gasteiger partial charge in [0.2, 0.25) is 5.88 Å². The van der Waals surface area contributed by atoms with Crippen LogP contribution in [0.3, 0.4) is 0 Å². The highest BCUT2D eigenvalue weighted by Crippen LogP contribution is 2.29. The van der Waals surface area contributed by atoms with Gasteiger partial charge in [-0.1, -0.05) is 12.1 Å². The number of guanidine groups is 1. The van der Waals surface area contributed by atoms with E-state index >= 15 is 0 Å². The van der Waals surface area contributed by atoms with E-state index in [1.165, 1.54) is 18.2 Å². The minimum absolute atomic E-state index is 0.110. The van der Waals surface area contributed by atoms with E-state index in [0.29, 0.717) is 29.1 Å². The van der Waals surface area contributed by atoms with Gasteiger partial charge in [0.1, 0.15) is 16.6 Å². The van der Waals surface area contributed by atoms with Gasteiger partial charge in [0.25, 0.3) is 0 Å². The Labute approximate surface area is 173 Å². The van der Waals surface area contributed by atoms with Crippen LogP contribution in [0.5, 0.6) is 11.6 Å². The minimum Gasteiger partial charge on any atom is -0.439 e. The standard InChI is InChI=1S/C19H17F4N5OS/c1-24-18(27-10-17-28-15(11-30-17)19(21,22)23)26-9-12-5-6-16(25-8-12)29-14-4-2-3-13(20)7-14/h2-8,11H,9-10H2,1H3,(H2,24,26,27). The molecule has 3 rings (SSSR count). The summed E-state index contributed by atoms with van der Waals surface area (Å²) in [5, 5.41) is 7.22. The van der Waals surface area contributed by atoms with Crippen molar-refractivity contribution in [2.75, 3.05) is 7.05 Å². The molecule has 0 bridgehead atoms. The molecule has 2 heterocycles. The fourth-order valence-electron chi connectivity index (χ4n) is 2.32. The largest absolute Gasteiger partial charge is 0.439 e. The summed E-state index contributed by atoms with van der Waals surface area (Å²) in [6.07, 6.45) is -2.86. The highest BCUT2D eigenvalue weighted by Gasteiger charge is 2.33. The number of halogens is 4. The maximum atomic E-state index is 13.2. The molecule has 30 heavy (non-hydrogen) atoms. The molecule has 0 fully saturated rings. The van der Waals surface area contributed by atoms with Crippen molar-refractivity contribution < 1.29 is 22.3 Å². The molecular weight excluding hydrogens is 422 g/mol. The number of aromatic nitrogens is 2. The van der Waals surface area contributed by atoms with Crippen molar-refractivity contribution in [1.82, 2.24) is 20.6 Å². The molecule has 2 aromatic heterocycles. The number of hydrogen-bond acceptors (Lipinski definition) is 5. The van der Waals surface area contributed by atoms with Crippen LogP contribution >= 0.6 is 11.3 Å². The molecule has 0 atom stereocenters. The van der Waals surface area contributed by atoms with Crippen LogP contribution in [0, 0.1) is 5.82 Å². The second-order valence-corrected chi connectivity index (χ2v) is 6.91. The molecule has 0 radical (unpaired) electrons. The third-order valence-electron chi connectivity index (χ3n) is 3.75. The van der Waals surface area contributed by atoms with Gasteiger partial charge in [-0.2, -0.15) is 13.2 Å². The Hall–Kier alpha value is -3.21. The van der Waals surface area contributed by atoms with Gasteiger partial charge in [0.05, 0.1) is 6.54 Å². The maximum Gasteiger partial charge on any atom is 0.434 e. The smallest absolute Gasteiger partial charge is 0.434 e. The summed E-state index contributed by atoms with van der Waals surface area (Å²) in [6, 6.07) is 9.16. The van der Waals surface area contributed by atoms with Gasteiger partial charge >= 0.3 is 6.18 Å². The third kappa shape index (κ3) is 6.14. The number of nitrogens with one attached hydrogen (secondary N) is 2. The van der Waals surface area contributed by atoms with Gasteiger partial charge in [-0.25, -0.2) is 14.4 Å². The Morgan fingerprint density at radius 2 is 1.97 bits per heavy atom. The van der Waals surface area contributed by atoms with E-state index in [0.717, 1.165) is 22.3 Å². The number of pyridine rings is 1. The van der Waals surface area contributed by atoms with Gasteiger partial charge in [-0.3, -0.25) is 4.99 Å². The molecule has 0 aliphatic rings. The summed E-state index contributed by atoms with van der Waals surface area (Å²) >= 11 is 0.923. The van der Waals surface area contributed by atoms with E-state index in [-0.39, 0.29) is 6.54 Å². The van der Waals surface area contributed by atoms with E-state index in [1.54, 1.807) is 31.4 Å². The van der Waals surface area contributed by atoms with Crippen molar-refractivity contribution in [2.45, 2.75) is 19.3 Å². The summed E-state index contributed by atoms with van der Waals surface area (Å²) in [4.78, 5) is 11.7. The van der Waals surface area contributed by atoms with Crippen LogP contribution in [-0.2, 0) is 19.3 Å². The molecule has 0 saturated heterocycles. The first-order valence-corrected chi connectivity index (χ1v) is 9.56. The van der Waals surface area contributed by atoms with Crippen LogP contribution in [0.2, 0.25) is 0 Å². The van der Waals surface area contributed by atoms with Crippen molar-refractivity contribution in [3.63, 3.8) is 0 Å². The van der Waals surface area contributed by atoms with Crippen LogP contribution in [0.1, 0.15) is 16.3 Å². The lowest BCUT2D eigenvalue weighted by molar-refractivity contribution is -0.140. The Balaban J connectivity index is 1.49. The Morgan fingerprint density at radius 1 is 1.17 bits per heavy atom. The second kappa shape index (κ2) is 9.53. The molecule has 0 spiro atoms. The second-order valence-electron chi connectivity index (χ2n) is 5.97. The SMILES string of the molecule is CN=C(NCc1ccc(Oc2cccc(F)c2)nc1)NCc1nc(C(F)(F)F)cs1. The van der Waals surface area contributed by atoms with Crippen molar-refractivity contribution in [2.24, 2.45) is 4.99 Å². The molecule has 2 N–H and O–H groups in total. The zero-order valence-corrected chi connectivity index (χ0v) is 16.5. The zero-order valence-electron chi connectivity index (χ0n) is 15.7. The first-order chi connectivity index (χ1) is 14.3. The molecule has 0 unspecified atom stereocenters. The lowest BCUT2D eigenvalue weighted by Crippen LogP contribution is -2.36. The molecular formula is C19H17F4N5OS. The predicted molar refractivity (Wildman–Crippen MR) is 105 cm³/mol. The summed E-state index contributed by atoms with van der Waals surface area (Å²) in [6.45, 7) is 0.484. The highest BCUT2D eigenvalue weighted by atomic mass is 32.1. The van der Waals surface area contributed by atoms with Crippen molar-refractivity contribution in [1.29, 1.82) is 0 Å². The molecule has 11 heteroatoms. The van der Waals surface area contributed by atoms with Crippen LogP contribution in [0.25, 0.3) is 0 Å². The summed E-state index contributed by atoms with van der Waals surface area (Å²) in [5.74, 6) is 0.656. The van der Waals surface area contributed by atoms with E-state index in [9.17, 15) is 17.6 Å². The lowest BCUT2D eigenvalue weighted by Gasteiger charge is -2.11. The topological polar surface area (TPSA) is 71.4 Å². The number of alkyl halides is 3. The molecule has 0 aliphatic carbocycles. The van der Waals surface area contributed by atoms with Crippen molar-refractivity contribution in [3.8, 4) is 11.6 Å². The van der Waals surface area contributed by atoms with E-state index < -0.39 is 17.7 Å². The normalized spacial score (nSPS) is 12.0. The van der Waals surface area contributed by atoms with Gasteiger partial charge in [0.15, 0.2) is 11.7 Å². The van der Waals surface area contributed by atoms with E-state index in [4.69, 9.17) is 4.74 Å². The average molecular weight is 439 g/mol. The molecule has 158 valence electrons.